The van der Waals surface area contributed by atoms with Gasteiger partial charge in [0.15, 0.2) is 0 Å². The number of nitrogens with two attached hydrogens (primary N) is 1. The summed E-state index contributed by atoms with van der Waals surface area (Å²) >= 11 is 6.01. The molecule has 2 N–H and O–H groups in total. The number of hydrogen-bond acceptors (Lipinski definition) is 4. The largest absolute Gasteiger partial charge is 0.364 e. The number of halogens is 5. The molecule has 0 spiro atoms. The maximum atomic E-state index is 15.1. The summed E-state index contributed by atoms with van der Waals surface area (Å²) in [5, 5.41) is 8.28. The van der Waals surface area contributed by atoms with E-state index in [-0.39, 0.29) is 10.00 Å². The number of nitriles is 1. The summed E-state index contributed by atoms with van der Waals surface area (Å²) in [6, 6.07) is 3.37. The van der Waals surface area contributed by atoms with E-state index in [4.69, 9.17) is 22.6 Å². The van der Waals surface area contributed by atoms with Crippen molar-refractivity contribution in [1.29, 1.82) is 5.26 Å². The van der Waals surface area contributed by atoms with Crippen molar-refractivity contribution in [3.05, 3.63) is 46.0 Å². The van der Waals surface area contributed by atoms with Crippen molar-refractivity contribution in [3.63, 3.8) is 0 Å². The highest BCUT2D eigenvalue weighted by atomic mass is 35.5. The normalized spacial score (nSPS) is 13.7. The number of carbonyl (C=O) groups is 1. The van der Waals surface area contributed by atoms with Gasteiger partial charge in [0.1, 0.15) is 22.5 Å². The van der Waals surface area contributed by atoms with Crippen molar-refractivity contribution in [3.8, 4) is 6.07 Å². The number of nitrogens with zero attached hydrogens (tertiary/aromatic N) is 3. The molecule has 13 heteroatoms. The summed E-state index contributed by atoms with van der Waals surface area (Å²) in [7, 11) is -3.96. The predicted molar refractivity (Wildman–Crippen MR) is 100.0 cm³/mol. The highest BCUT2D eigenvalue weighted by molar-refractivity contribution is 7.93. The Hall–Kier alpha value is -2.78. The average Bonchev–Trinajstić information content (AvgIpc) is 2.85. The quantitative estimate of drug-likeness (QED) is 0.520. The van der Waals surface area contributed by atoms with E-state index in [2.05, 4.69) is 0 Å². The van der Waals surface area contributed by atoms with Crippen LogP contribution in [-0.4, -0.2) is 31.1 Å². The zero-order valence-corrected chi connectivity index (χ0v) is 17.3. The minimum atomic E-state index is -5.21. The molecular weight excluding hydrogens is 452 g/mol. The van der Waals surface area contributed by atoms with Gasteiger partial charge in [-0.05, 0) is 32.0 Å². The van der Waals surface area contributed by atoms with Gasteiger partial charge in [0, 0.05) is 12.7 Å². The Morgan fingerprint density at radius 3 is 2.40 bits per heavy atom. The van der Waals surface area contributed by atoms with Crippen LogP contribution in [0.3, 0.4) is 0 Å². The Balaban J connectivity index is 2.92. The Morgan fingerprint density at radius 2 is 1.97 bits per heavy atom. The van der Waals surface area contributed by atoms with Gasteiger partial charge in [0.25, 0.3) is 28.1 Å². The standard InChI is InChI=1S/C17H15ClF4N4O3S/c1-8-14(12(18)13(15(24)27)25(8)3)30(28,29)26(17(2,22)16(20)21)10-4-5-11(19)9(6-10)7-23/h4-6,16H,1-3H3,(H2,24,27)/t17-/m0/s1. The van der Waals surface area contributed by atoms with Crippen LogP contribution < -0.4 is 10.0 Å². The smallest absolute Gasteiger partial charge is 0.291 e. The van der Waals surface area contributed by atoms with Gasteiger partial charge in [-0.3, -0.25) is 4.79 Å². The second-order valence-corrected chi connectivity index (χ2v) is 8.47. The van der Waals surface area contributed by atoms with Crippen LogP contribution in [0.2, 0.25) is 5.02 Å². The fraction of sp³-hybridized carbons (Fsp3) is 0.294. The summed E-state index contributed by atoms with van der Waals surface area (Å²) in [6.07, 6.45) is -3.85. The number of rotatable bonds is 6. The summed E-state index contributed by atoms with van der Waals surface area (Å²) in [5.41, 5.74) is 3.11. The van der Waals surface area contributed by atoms with Gasteiger partial charge in [-0.2, -0.15) is 5.26 Å². The highest BCUT2D eigenvalue weighted by Gasteiger charge is 2.50. The van der Waals surface area contributed by atoms with Crippen LogP contribution in [0.15, 0.2) is 23.1 Å². The number of primary amides is 1. The number of carbonyl (C=O) groups excluding carboxylic acids is 1. The molecule has 0 aliphatic rings. The summed E-state index contributed by atoms with van der Waals surface area (Å²) < 4.78 is 83.2. The number of sulfonamides is 1. The summed E-state index contributed by atoms with van der Waals surface area (Å²) in [4.78, 5) is 10.8. The molecule has 0 radical (unpaired) electrons. The third kappa shape index (κ3) is 3.59. The summed E-state index contributed by atoms with van der Waals surface area (Å²) in [5.74, 6) is -6.01. The van der Waals surface area contributed by atoms with Crippen LogP contribution in [0.25, 0.3) is 0 Å². The van der Waals surface area contributed by atoms with Gasteiger partial charge >= 0.3 is 0 Å². The molecule has 2 aromatic rings. The SMILES string of the molecule is Cc1c(S(=O)(=O)N(c2ccc(F)c(C#N)c2)[C@](C)(F)C(F)F)c(Cl)c(C(N)=O)n1C. The van der Waals surface area contributed by atoms with Gasteiger partial charge in [-0.1, -0.05) is 11.6 Å². The summed E-state index contributed by atoms with van der Waals surface area (Å²) in [6.45, 7) is 1.50. The van der Waals surface area contributed by atoms with Crippen molar-refractivity contribution in [2.24, 2.45) is 12.8 Å². The van der Waals surface area contributed by atoms with Crippen molar-refractivity contribution < 1.29 is 30.8 Å². The number of hydrogen-bond donors (Lipinski definition) is 1. The molecule has 0 saturated heterocycles. The first-order valence-electron chi connectivity index (χ1n) is 8.06. The second kappa shape index (κ2) is 7.81. The lowest BCUT2D eigenvalue weighted by molar-refractivity contribution is -0.0135. The van der Waals surface area contributed by atoms with Crippen LogP contribution in [0.5, 0.6) is 0 Å². The molecule has 0 aliphatic heterocycles. The molecule has 0 saturated carbocycles. The van der Waals surface area contributed by atoms with E-state index in [0.29, 0.717) is 19.1 Å². The zero-order chi connectivity index (χ0) is 23.2. The van der Waals surface area contributed by atoms with Crippen molar-refractivity contribution >= 4 is 33.2 Å². The minimum absolute atomic E-state index is 0.188. The topological polar surface area (TPSA) is 109 Å². The number of benzene rings is 1. The van der Waals surface area contributed by atoms with Crippen LogP contribution in [0.1, 0.15) is 28.7 Å². The minimum Gasteiger partial charge on any atom is -0.364 e. The Bertz CT molecular complexity index is 1170. The lowest BCUT2D eigenvalue weighted by Crippen LogP contribution is -2.51. The lowest BCUT2D eigenvalue weighted by atomic mass is 10.2. The van der Waals surface area contributed by atoms with E-state index >= 15 is 4.39 Å². The van der Waals surface area contributed by atoms with E-state index in [1.165, 1.54) is 20.0 Å². The van der Waals surface area contributed by atoms with Gasteiger partial charge < -0.3 is 10.3 Å². The maximum absolute atomic E-state index is 15.1. The zero-order valence-electron chi connectivity index (χ0n) is 15.8. The maximum Gasteiger partial charge on any atom is 0.291 e. The molecule has 1 amide bonds. The Morgan fingerprint density at radius 1 is 1.40 bits per heavy atom. The molecule has 1 aromatic heterocycles. The molecule has 30 heavy (non-hydrogen) atoms. The van der Waals surface area contributed by atoms with E-state index in [9.17, 15) is 26.4 Å². The Labute approximate surface area is 174 Å². The van der Waals surface area contributed by atoms with E-state index in [1.54, 1.807) is 0 Å². The van der Waals surface area contributed by atoms with Crippen molar-refractivity contribution in [1.82, 2.24) is 4.57 Å². The molecule has 1 heterocycles. The fourth-order valence-corrected chi connectivity index (χ4v) is 5.44. The van der Waals surface area contributed by atoms with Gasteiger partial charge in [-0.15, -0.1) is 0 Å². The van der Waals surface area contributed by atoms with Crippen LogP contribution in [0, 0.1) is 24.1 Å². The van der Waals surface area contributed by atoms with Gasteiger partial charge in [0.2, 0.25) is 0 Å². The van der Waals surface area contributed by atoms with E-state index < -0.39 is 60.8 Å². The van der Waals surface area contributed by atoms with Gasteiger partial charge in [-0.25, -0.2) is 30.3 Å². The molecule has 0 fully saturated rings. The number of anilines is 1. The van der Waals surface area contributed by atoms with E-state index in [1.807, 2.05) is 0 Å². The monoisotopic (exact) mass is 466 g/mol. The van der Waals surface area contributed by atoms with Crippen molar-refractivity contribution in [2.45, 2.75) is 31.0 Å². The second-order valence-electron chi connectivity index (χ2n) is 6.37. The van der Waals surface area contributed by atoms with Crippen LogP contribution in [-0.2, 0) is 17.1 Å². The molecule has 0 unspecified atom stereocenters. The van der Waals surface area contributed by atoms with Crippen LogP contribution in [0.4, 0.5) is 23.2 Å². The first-order valence-corrected chi connectivity index (χ1v) is 9.88. The molecule has 162 valence electrons. The number of aromatic nitrogens is 1. The first-order chi connectivity index (χ1) is 13.7. The Kier molecular flexibility index (Phi) is 6.11. The molecule has 0 bridgehead atoms. The molecule has 0 aliphatic carbocycles. The van der Waals surface area contributed by atoms with Gasteiger partial charge in [0.05, 0.1) is 16.3 Å². The molecule has 1 atom stereocenters. The van der Waals surface area contributed by atoms with Crippen molar-refractivity contribution in [2.75, 3.05) is 4.31 Å². The van der Waals surface area contributed by atoms with Crippen LogP contribution >= 0.6 is 11.6 Å². The number of alkyl halides is 3. The third-order valence-corrected chi connectivity index (χ3v) is 6.95. The highest BCUT2D eigenvalue weighted by Crippen LogP contribution is 2.41. The molecule has 1 aromatic carbocycles. The number of amides is 1. The predicted octanol–water partition coefficient (Wildman–Crippen LogP) is 3.24. The average molecular weight is 467 g/mol. The van der Waals surface area contributed by atoms with E-state index in [0.717, 1.165) is 10.6 Å². The third-order valence-electron chi connectivity index (χ3n) is 4.41. The molecule has 7 nitrogen and oxygen atoms in total. The lowest BCUT2D eigenvalue weighted by Gasteiger charge is -2.35. The molecule has 2 rings (SSSR count). The fourth-order valence-electron chi connectivity index (χ4n) is 2.84. The molecular formula is C17H15ClF4N4O3S. The first kappa shape index (κ1) is 23.5.